The van der Waals surface area contributed by atoms with E-state index in [-0.39, 0.29) is 39.8 Å². The molecule has 1 aliphatic rings. The van der Waals surface area contributed by atoms with Gasteiger partial charge < -0.3 is 14.2 Å². The molecule has 0 unspecified atom stereocenters. The van der Waals surface area contributed by atoms with Gasteiger partial charge in [-0.15, -0.1) is 0 Å². The third kappa shape index (κ3) is 6.52. The van der Waals surface area contributed by atoms with E-state index in [2.05, 4.69) is 0 Å². The predicted octanol–water partition coefficient (Wildman–Crippen LogP) is 4.82. The fraction of sp³-hybridized carbons (Fsp3) is 0.261. The average molecular weight is 521 g/mol. The minimum Gasteiger partial charge on any atom is -0.493 e. The summed E-state index contributed by atoms with van der Waals surface area (Å²) < 4.78 is 16.1. The number of nitrogens with zero attached hydrogens (tertiary/aromatic N) is 2. The molecule has 0 aliphatic carbocycles. The summed E-state index contributed by atoms with van der Waals surface area (Å²) in [6.45, 7) is 2.86. The second-order valence-corrected chi connectivity index (χ2v) is 8.96. The van der Waals surface area contributed by atoms with Crippen molar-refractivity contribution in [3.05, 3.63) is 67.6 Å². The number of amides is 2. The Hall–Kier alpha value is -3.57. The van der Waals surface area contributed by atoms with E-state index in [1.165, 1.54) is 31.4 Å². The number of ether oxygens (including phenoxy) is 3. The highest BCUT2D eigenvalue weighted by Crippen LogP contribution is 2.39. The Morgan fingerprint density at radius 1 is 1.26 bits per heavy atom. The Balaban J connectivity index is 1.78. The highest BCUT2D eigenvalue weighted by atomic mass is 35.5. The van der Waals surface area contributed by atoms with Crippen molar-refractivity contribution in [3.8, 4) is 11.5 Å². The van der Waals surface area contributed by atoms with Crippen LogP contribution >= 0.6 is 23.4 Å². The average Bonchev–Trinajstić information content (AvgIpc) is 3.04. The van der Waals surface area contributed by atoms with E-state index in [9.17, 15) is 24.5 Å². The minimum atomic E-state index is -0.682. The summed E-state index contributed by atoms with van der Waals surface area (Å²) in [5, 5.41) is 10.5. The molecule has 2 aromatic carbocycles. The number of nitro groups is 1. The maximum Gasteiger partial charge on any atom is 0.326 e. The van der Waals surface area contributed by atoms with Crippen molar-refractivity contribution in [1.29, 1.82) is 0 Å². The number of hydrogen-bond acceptors (Lipinski definition) is 9. The van der Waals surface area contributed by atoms with Crippen LogP contribution in [-0.4, -0.2) is 46.7 Å². The van der Waals surface area contributed by atoms with Gasteiger partial charge in [-0.1, -0.05) is 23.7 Å². The second kappa shape index (κ2) is 11.2. The molecule has 2 aromatic rings. The zero-order chi connectivity index (χ0) is 25.7. The fourth-order valence-corrected chi connectivity index (χ4v) is 4.21. The Morgan fingerprint density at radius 2 is 2.00 bits per heavy atom. The van der Waals surface area contributed by atoms with Gasteiger partial charge in [-0.25, -0.2) is 0 Å². The van der Waals surface area contributed by atoms with Gasteiger partial charge in [0.25, 0.3) is 16.8 Å². The molecule has 0 atom stereocenters. The number of non-ortho nitro benzene ring substituents is 1. The van der Waals surface area contributed by atoms with Crippen LogP contribution in [-0.2, 0) is 20.9 Å². The van der Waals surface area contributed by atoms with E-state index in [0.29, 0.717) is 22.9 Å². The van der Waals surface area contributed by atoms with Crippen molar-refractivity contribution in [2.75, 3.05) is 13.7 Å². The molecule has 35 heavy (non-hydrogen) atoms. The van der Waals surface area contributed by atoms with Crippen molar-refractivity contribution in [1.82, 2.24) is 4.90 Å². The van der Waals surface area contributed by atoms with Gasteiger partial charge in [-0.05, 0) is 54.9 Å². The second-order valence-electron chi connectivity index (χ2n) is 7.56. The first-order chi connectivity index (χ1) is 16.6. The highest BCUT2D eigenvalue weighted by Gasteiger charge is 2.37. The number of methoxy groups -OCH3 is 1. The van der Waals surface area contributed by atoms with Crippen molar-refractivity contribution in [2.45, 2.75) is 26.6 Å². The van der Waals surface area contributed by atoms with E-state index in [1.54, 1.807) is 32.0 Å². The Morgan fingerprint density at radius 3 is 2.66 bits per heavy atom. The number of carbonyl (C=O) groups excluding carboxylic acids is 3. The molecule has 0 spiro atoms. The van der Waals surface area contributed by atoms with Crippen LogP contribution in [0.2, 0.25) is 5.02 Å². The third-order valence-electron chi connectivity index (χ3n) is 4.58. The van der Waals surface area contributed by atoms with Crippen molar-refractivity contribution >= 4 is 52.2 Å². The molecule has 0 saturated carbocycles. The molecule has 1 aliphatic heterocycles. The van der Waals surface area contributed by atoms with Crippen molar-refractivity contribution in [3.63, 3.8) is 0 Å². The van der Waals surface area contributed by atoms with Crippen LogP contribution in [0.15, 0.2) is 41.3 Å². The first-order valence-electron chi connectivity index (χ1n) is 10.3. The van der Waals surface area contributed by atoms with Crippen LogP contribution in [0, 0.1) is 10.1 Å². The molecular weight excluding hydrogens is 500 g/mol. The Labute approximate surface area is 209 Å². The van der Waals surface area contributed by atoms with Crippen LogP contribution in [0.4, 0.5) is 10.5 Å². The lowest BCUT2D eigenvalue weighted by molar-refractivity contribution is -0.384. The molecule has 0 bridgehead atoms. The van der Waals surface area contributed by atoms with E-state index < -0.39 is 28.6 Å². The number of halogens is 1. The van der Waals surface area contributed by atoms with Gasteiger partial charge in [0.15, 0.2) is 11.5 Å². The maximum absolute atomic E-state index is 12.7. The lowest BCUT2D eigenvalue weighted by Crippen LogP contribution is -2.35. The van der Waals surface area contributed by atoms with E-state index in [1.807, 2.05) is 0 Å². The molecule has 0 radical (unpaired) electrons. The van der Waals surface area contributed by atoms with Crippen molar-refractivity contribution < 1.29 is 33.5 Å². The van der Waals surface area contributed by atoms with Gasteiger partial charge in [0.2, 0.25) is 0 Å². The molecule has 3 rings (SSSR count). The van der Waals surface area contributed by atoms with Crippen LogP contribution < -0.4 is 9.47 Å². The van der Waals surface area contributed by atoms with E-state index >= 15 is 0 Å². The van der Waals surface area contributed by atoms with Crippen LogP contribution in [0.3, 0.4) is 0 Å². The lowest BCUT2D eigenvalue weighted by Gasteiger charge is -2.14. The third-order valence-corrected chi connectivity index (χ3v) is 5.77. The van der Waals surface area contributed by atoms with E-state index in [0.717, 1.165) is 4.90 Å². The van der Waals surface area contributed by atoms with Crippen LogP contribution in [0.5, 0.6) is 11.5 Å². The smallest absolute Gasteiger partial charge is 0.326 e. The summed E-state index contributed by atoms with van der Waals surface area (Å²) in [7, 11) is 1.41. The molecule has 1 saturated heterocycles. The Kier molecular flexibility index (Phi) is 8.36. The number of thioether (sulfide) groups is 1. The summed E-state index contributed by atoms with van der Waals surface area (Å²) >= 11 is 7.08. The molecule has 0 N–H and O–H groups in total. The number of hydrogen-bond donors (Lipinski definition) is 0. The molecule has 10 nitrogen and oxygen atoms in total. The zero-order valence-electron chi connectivity index (χ0n) is 19.0. The van der Waals surface area contributed by atoms with Crippen LogP contribution in [0.1, 0.15) is 25.0 Å². The number of carbonyl (C=O) groups is 3. The van der Waals surface area contributed by atoms with Gasteiger partial charge >= 0.3 is 5.97 Å². The minimum absolute atomic E-state index is 0.00245. The fourth-order valence-electron chi connectivity index (χ4n) is 3.10. The molecule has 1 fully saturated rings. The monoisotopic (exact) mass is 520 g/mol. The number of benzene rings is 2. The molecule has 12 heteroatoms. The van der Waals surface area contributed by atoms with Gasteiger partial charge in [0.05, 0.1) is 28.1 Å². The number of esters is 1. The Bertz CT molecular complexity index is 1210. The van der Waals surface area contributed by atoms with E-state index in [4.69, 9.17) is 25.8 Å². The maximum atomic E-state index is 12.7. The molecule has 184 valence electrons. The summed E-state index contributed by atoms with van der Waals surface area (Å²) in [5.41, 5.74) is 0.960. The normalized spacial score (nSPS) is 14.5. The quantitative estimate of drug-likeness (QED) is 0.198. The van der Waals surface area contributed by atoms with Gasteiger partial charge in [0.1, 0.15) is 13.2 Å². The largest absolute Gasteiger partial charge is 0.493 e. The molecular formula is C23H21ClN2O8S. The number of imide groups is 1. The topological polar surface area (TPSA) is 125 Å². The number of rotatable bonds is 9. The van der Waals surface area contributed by atoms with Crippen LogP contribution in [0.25, 0.3) is 6.08 Å². The van der Waals surface area contributed by atoms with Crippen molar-refractivity contribution in [2.24, 2.45) is 0 Å². The predicted molar refractivity (Wildman–Crippen MR) is 129 cm³/mol. The summed E-state index contributed by atoms with van der Waals surface area (Å²) in [6.07, 6.45) is 1.09. The first-order valence-corrected chi connectivity index (χ1v) is 11.5. The summed E-state index contributed by atoms with van der Waals surface area (Å²) in [6, 6.07) is 9.08. The zero-order valence-corrected chi connectivity index (χ0v) is 20.6. The van der Waals surface area contributed by atoms with Gasteiger partial charge in [0, 0.05) is 12.1 Å². The number of nitro benzene ring substituents is 1. The van der Waals surface area contributed by atoms with Gasteiger partial charge in [-0.3, -0.25) is 29.4 Å². The first kappa shape index (κ1) is 26.0. The highest BCUT2D eigenvalue weighted by molar-refractivity contribution is 8.18. The molecule has 0 aromatic heterocycles. The summed E-state index contributed by atoms with van der Waals surface area (Å²) in [5.74, 6) is -0.836. The molecule has 1 heterocycles. The SMILES string of the molecule is COc1cc(/C=C2/SC(=O)N(CC(=O)OC(C)C)C2=O)cc(Cl)c1OCc1cccc([N+](=O)[O-])c1. The lowest BCUT2D eigenvalue weighted by atomic mass is 10.1. The summed E-state index contributed by atoms with van der Waals surface area (Å²) in [4.78, 5) is 48.2. The standard InChI is InChI=1S/C23H21ClN2O8S/c1-13(2)34-20(27)11-25-22(28)19(35-23(25)29)10-15-8-17(24)21(18(9-15)32-3)33-12-14-5-4-6-16(7-14)26(30)31/h4-10,13H,11-12H2,1-3H3/b19-10+. The van der Waals surface area contributed by atoms with Gasteiger partial charge in [-0.2, -0.15) is 0 Å². The molecule has 2 amide bonds.